The van der Waals surface area contributed by atoms with Gasteiger partial charge in [0.25, 0.3) is 0 Å². The lowest BCUT2D eigenvalue weighted by molar-refractivity contribution is 0.219. The van der Waals surface area contributed by atoms with Crippen LogP contribution in [-0.2, 0) is 0 Å². The first-order valence-electron chi connectivity index (χ1n) is 8.01. The number of nitrogens with one attached hydrogen (secondary N) is 1. The number of rotatable bonds is 5. The van der Waals surface area contributed by atoms with E-state index in [0.29, 0.717) is 6.04 Å². The molecule has 4 heteroatoms. The molecule has 21 heavy (non-hydrogen) atoms. The van der Waals surface area contributed by atoms with Gasteiger partial charge < -0.3 is 4.90 Å². The highest BCUT2D eigenvalue weighted by Gasteiger charge is 2.47. The predicted molar refractivity (Wildman–Crippen MR) is 90.1 cm³/mol. The molecule has 0 bridgehead atoms. The van der Waals surface area contributed by atoms with Gasteiger partial charge in [0.1, 0.15) is 5.84 Å². The van der Waals surface area contributed by atoms with Crippen molar-refractivity contribution in [3.05, 3.63) is 23.4 Å². The Kier molecular flexibility index (Phi) is 4.77. The summed E-state index contributed by atoms with van der Waals surface area (Å²) in [6, 6.07) is 0.374. The quantitative estimate of drug-likeness (QED) is 0.790. The summed E-state index contributed by atoms with van der Waals surface area (Å²) in [6.07, 6.45) is 6.76. The molecule has 2 atom stereocenters. The summed E-state index contributed by atoms with van der Waals surface area (Å²) in [4.78, 5) is 7.10. The van der Waals surface area contributed by atoms with Gasteiger partial charge in [0.15, 0.2) is 0 Å². The molecule has 118 valence electrons. The minimum atomic E-state index is 0.0799. The molecule has 1 saturated heterocycles. The van der Waals surface area contributed by atoms with Gasteiger partial charge in [-0.15, -0.1) is 0 Å². The summed E-state index contributed by atoms with van der Waals surface area (Å²) < 4.78 is 0. The van der Waals surface area contributed by atoms with Crippen LogP contribution in [0.3, 0.4) is 0 Å². The Bertz CT molecular complexity index is 475. The first-order chi connectivity index (χ1) is 9.90. The van der Waals surface area contributed by atoms with Crippen molar-refractivity contribution in [2.75, 3.05) is 27.2 Å². The summed E-state index contributed by atoms with van der Waals surface area (Å²) in [7, 11) is 4.22. The maximum atomic E-state index is 4.88. The number of nitrogens with zero attached hydrogens (tertiary/aromatic N) is 3. The zero-order chi connectivity index (χ0) is 15.6. The third-order valence-corrected chi connectivity index (χ3v) is 4.93. The van der Waals surface area contributed by atoms with E-state index in [9.17, 15) is 0 Å². The van der Waals surface area contributed by atoms with E-state index >= 15 is 0 Å². The summed E-state index contributed by atoms with van der Waals surface area (Å²) in [5.41, 5.74) is 6.27. The third kappa shape index (κ3) is 3.00. The lowest BCUT2D eigenvalue weighted by Gasteiger charge is -2.34. The summed E-state index contributed by atoms with van der Waals surface area (Å²) in [6.45, 7) is 10.9. The number of hydrazine groups is 1. The van der Waals surface area contributed by atoms with Crippen LogP contribution in [0, 0.1) is 5.41 Å². The topological polar surface area (TPSA) is 30.9 Å². The van der Waals surface area contributed by atoms with Gasteiger partial charge in [0.2, 0.25) is 0 Å². The van der Waals surface area contributed by atoms with Crippen LogP contribution in [0.25, 0.3) is 0 Å². The van der Waals surface area contributed by atoms with E-state index in [0.717, 1.165) is 31.8 Å². The number of fused-ring (bicyclic) bond motifs is 1. The molecule has 0 aliphatic carbocycles. The van der Waals surface area contributed by atoms with Gasteiger partial charge in [-0.05, 0) is 52.9 Å². The number of hydrogen-bond donors (Lipinski definition) is 1. The summed E-state index contributed by atoms with van der Waals surface area (Å²) in [5.74, 6) is 1.15. The van der Waals surface area contributed by atoms with Crippen molar-refractivity contribution in [3.63, 3.8) is 0 Å². The normalized spacial score (nSPS) is 30.3. The average Bonchev–Trinajstić information content (AvgIpc) is 2.73. The van der Waals surface area contributed by atoms with Crippen LogP contribution in [0.2, 0.25) is 0 Å². The lowest BCUT2D eigenvalue weighted by Crippen LogP contribution is -2.40. The van der Waals surface area contributed by atoms with Gasteiger partial charge in [-0.2, -0.15) is 0 Å². The lowest BCUT2D eigenvalue weighted by atomic mass is 9.78. The van der Waals surface area contributed by atoms with Crippen LogP contribution in [0.15, 0.2) is 28.4 Å². The second-order valence-corrected chi connectivity index (χ2v) is 6.71. The van der Waals surface area contributed by atoms with Gasteiger partial charge in [-0.25, -0.2) is 0 Å². The van der Waals surface area contributed by atoms with E-state index in [-0.39, 0.29) is 5.41 Å². The van der Waals surface area contributed by atoms with Crippen LogP contribution in [0.4, 0.5) is 0 Å². The van der Waals surface area contributed by atoms with E-state index in [1.807, 2.05) is 0 Å². The molecule has 0 aromatic rings. The minimum Gasteiger partial charge on any atom is -0.309 e. The Morgan fingerprint density at radius 2 is 2.10 bits per heavy atom. The number of hydrogen-bond acceptors (Lipinski definition) is 3. The second kappa shape index (κ2) is 6.22. The maximum absolute atomic E-state index is 4.88. The molecule has 4 nitrogen and oxygen atoms in total. The maximum Gasteiger partial charge on any atom is 0.123 e. The summed E-state index contributed by atoms with van der Waals surface area (Å²) >= 11 is 0. The molecule has 0 amide bonds. The van der Waals surface area contributed by atoms with Gasteiger partial charge in [-0.1, -0.05) is 26.0 Å². The predicted octanol–water partition coefficient (Wildman–Crippen LogP) is 2.81. The van der Waals surface area contributed by atoms with Gasteiger partial charge in [-0.3, -0.25) is 15.4 Å². The van der Waals surface area contributed by atoms with Gasteiger partial charge in [0, 0.05) is 12.2 Å². The molecule has 2 rings (SSSR count). The third-order valence-electron chi connectivity index (χ3n) is 4.93. The Balaban J connectivity index is 2.16. The van der Waals surface area contributed by atoms with Crippen LogP contribution >= 0.6 is 0 Å². The molecule has 2 unspecified atom stereocenters. The Hall–Kier alpha value is -1.29. The molecule has 0 spiro atoms. The fourth-order valence-corrected chi connectivity index (χ4v) is 3.04. The Labute approximate surface area is 129 Å². The van der Waals surface area contributed by atoms with Crippen molar-refractivity contribution in [2.45, 2.75) is 46.6 Å². The largest absolute Gasteiger partial charge is 0.309 e. The van der Waals surface area contributed by atoms with Crippen molar-refractivity contribution >= 4 is 5.84 Å². The van der Waals surface area contributed by atoms with Crippen LogP contribution in [-0.4, -0.2) is 49.0 Å². The molecule has 0 aromatic heterocycles. The molecular weight excluding hydrogens is 260 g/mol. The van der Waals surface area contributed by atoms with Gasteiger partial charge in [0.05, 0.1) is 11.5 Å². The summed E-state index contributed by atoms with van der Waals surface area (Å²) in [5, 5.41) is 2.30. The molecular formula is C17H30N4. The van der Waals surface area contributed by atoms with Crippen molar-refractivity contribution in [1.29, 1.82) is 0 Å². The molecule has 2 aliphatic heterocycles. The zero-order valence-electron chi connectivity index (χ0n) is 14.4. The van der Waals surface area contributed by atoms with E-state index in [1.54, 1.807) is 0 Å². The van der Waals surface area contributed by atoms with E-state index in [4.69, 9.17) is 4.99 Å². The van der Waals surface area contributed by atoms with Crippen molar-refractivity contribution in [2.24, 2.45) is 10.4 Å². The molecule has 1 fully saturated rings. The molecule has 2 heterocycles. The highest BCUT2D eigenvalue weighted by atomic mass is 15.6. The molecule has 0 radical (unpaired) electrons. The fraction of sp³-hybridized carbons (Fsp3) is 0.706. The van der Waals surface area contributed by atoms with Crippen molar-refractivity contribution in [3.8, 4) is 0 Å². The molecule has 0 aromatic carbocycles. The van der Waals surface area contributed by atoms with E-state index < -0.39 is 0 Å². The first-order valence-corrected chi connectivity index (χ1v) is 8.01. The SMILES string of the molecule is CCC1(C)C(=NCCCN(C)C)NN2C(C)=C(C)C=CC21. The zero-order valence-corrected chi connectivity index (χ0v) is 14.4. The first kappa shape index (κ1) is 16.1. The van der Waals surface area contributed by atoms with Crippen LogP contribution in [0.5, 0.6) is 0 Å². The average molecular weight is 290 g/mol. The Morgan fingerprint density at radius 3 is 2.71 bits per heavy atom. The highest BCUT2D eigenvalue weighted by molar-refractivity contribution is 5.91. The van der Waals surface area contributed by atoms with Crippen LogP contribution in [0.1, 0.15) is 40.5 Å². The van der Waals surface area contributed by atoms with Crippen LogP contribution < -0.4 is 5.43 Å². The second-order valence-electron chi connectivity index (χ2n) is 6.71. The van der Waals surface area contributed by atoms with E-state index in [1.165, 1.54) is 11.3 Å². The number of allylic oxidation sites excluding steroid dienone is 3. The minimum absolute atomic E-state index is 0.0799. The monoisotopic (exact) mass is 290 g/mol. The molecule has 1 N–H and O–H groups in total. The highest BCUT2D eigenvalue weighted by Crippen LogP contribution is 2.40. The van der Waals surface area contributed by atoms with Crippen molar-refractivity contribution < 1.29 is 0 Å². The molecule has 0 saturated carbocycles. The van der Waals surface area contributed by atoms with E-state index in [2.05, 4.69) is 69.3 Å². The number of aliphatic imine (C=N–C) groups is 1. The van der Waals surface area contributed by atoms with Crippen molar-refractivity contribution in [1.82, 2.24) is 15.3 Å². The smallest absolute Gasteiger partial charge is 0.123 e. The Morgan fingerprint density at radius 1 is 1.38 bits per heavy atom. The molecule has 2 aliphatic rings. The number of amidine groups is 1. The fourth-order valence-electron chi connectivity index (χ4n) is 3.04. The standard InChI is InChI=1S/C17H30N4/c1-7-17(4)15-10-9-13(2)14(3)21(15)19-16(17)18-11-8-12-20(5)6/h9-10,15H,7-8,11-12H2,1-6H3,(H,18,19). The van der Waals surface area contributed by atoms with Gasteiger partial charge >= 0.3 is 0 Å².